The fourth-order valence-corrected chi connectivity index (χ4v) is 2.54. The Morgan fingerprint density at radius 2 is 1.90 bits per heavy atom. The summed E-state index contributed by atoms with van der Waals surface area (Å²) in [6.45, 7) is 8.75. The molecule has 0 spiro atoms. The highest BCUT2D eigenvalue weighted by atomic mass is 16.5. The Morgan fingerprint density at radius 3 is 2.38 bits per heavy atom. The van der Waals surface area contributed by atoms with E-state index >= 15 is 0 Å². The van der Waals surface area contributed by atoms with E-state index in [2.05, 4.69) is 37.1 Å². The topological polar surface area (TPSA) is 33.7 Å². The summed E-state index contributed by atoms with van der Waals surface area (Å²) in [6, 6.07) is 6.70. The number of nitrogens with one attached hydrogen (secondary N) is 1. The minimum atomic E-state index is 0.212. The van der Waals surface area contributed by atoms with Gasteiger partial charge in [-0.3, -0.25) is 4.90 Å². The maximum atomic E-state index is 5.52. The van der Waals surface area contributed by atoms with E-state index in [1.165, 1.54) is 0 Å². The molecule has 1 rings (SSSR count). The second-order valence-electron chi connectivity index (χ2n) is 5.54. The van der Waals surface area contributed by atoms with Crippen molar-refractivity contribution in [1.29, 1.82) is 0 Å². The van der Waals surface area contributed by atoms with Gasteiger partial charge >= 0.3 is 0 Å². The van der Waals surface area contributed by atoms with E-state index in [0.717, 1.165) is 36.6 Å². The zero-order chi connectivity index (χ0) is 15.8. The standard InChI is InChI=1S/C17H30N2O2/c1-7-10-19(13(2)3)12-16(18-4)15-11-14(20-5)8-9-17(15)21-6/h8-9,11,13,16,18H,7,10,12H2,1-6H3. The summed E-state index contributed by atoms with van der Waals surface area (Å²) in [5.41, 5.74) is 1.14. The summed E-state index contributed by atoms with van der Waals surface area (Å²) in [7, 11) is 5.40. The fraction of sp³-hybridized carbons (Fsp3) is 0.647. The first-order valence-corrected chi connectivity index (χ1v) is 7.70. The van der Waals surface area contributed by atoms with Crippen LogP contribution in [0.5, 0.6) is 11.5 Å². The van der Waals surface area contributed by atoms with Crippen molar-refractivity contribution < 1.29 is 9.47 Å². The predicted octanol–water partition coefficient (Wildman–Crippen LogP) is 3.08. The molecule has 0 heterocycles. The van der Waals surface area contributed by atoms with Gasteiger partial charge in [-0.05, 0) is 52.1 Å². The van der Waals surface area contributed by atoms with E-state index < -0.39 is 0 Å². The molecule has 0 fully saturated rings. The molecule has 1 aromatic rings. The van der Waals surface area contributed by atoms with Gasteiger partial charge in [-0.2, -0.15) is 0 Å². The first kappa shape index (κ1) is 17.8. The summed E-state index contributed by atoms with van der Waals surface area (Å²) in [5.74, 6) is 1.76. The lowest BCUT2D eigenvalue weighted by molar-refractivity contribution is 0.199. The van der Waals surface area contributed by atoms with Gasteiger partial charge in [-0.25, -0.2) is 0 Å². The lowest BCUT2D eigenvalue weighted by atomic mass is 10.0. The number of nitrogens with zero attached hydrogens (tertiary/aromatic N) is 1. The predicted molar refractivity (Wildman–Crippen MR) is 88.3 cm³/mol. The number of benzene rings is 1. The number of rotatable bonds is 9. The Bertz CT molecular complexity index is 421. The van der Waals surface area contributed by atoms with Crippen molar-refractivity contribution >= 4 is 0 Å². The minimum absolute atomic E-state index is 0.212. The monoisotopic (exact) mass is 294 g/mol. The Labute approximate surface area is 129 Å². The highest BCUT2D eigenvalue weighted by Gasteiger charge is 2.20. The van der Waals surface area contributed by atoms with Crippen molar-refractivity contribution in [2.45, 2.75) is 39.3 Å². The molecule has 0 aliphatic rings. The molecule has 0 amide bonds. The van der Waals surface area contributed by atoms with Crippen LogP contribution in [0.4, 0.5) is 0 Å². The summed E-state index contributed by atoms with van der Waals surface area (Å²) >= 11 is 0. The van der Waals surface area contributed by atoms with Gasteiger partial charge in [0.05, 0.1) is 14.2 Å². The van der Waals surface area contributed by atoms with E-state index in [-0.39, 0.29) is 6.04 Å². The first-order valence-electron chi connectivity index (χ1n) is 7.70. The van der Waals surface area contributed by atoms with Gasteiger partial charge in [0.1, 0.15) is 11.5 Å². The van der Waals surface area contributed by atoms with E-state index in [9.17, 15) is 0 Å². The molecule has 0 aliphatic carbocycles. The van der Waals surface area contributed by atoms with E-state index in [4.69, 9.17) is 9.47 Å². The van der Waals surface area contributed by atoms with Gasteiger partial charge in [0.2, 0.25) is 0 Å². The maximum absolute atomic E-state index is 5.52. The number of likely N-dealkylation sites (N-methyl/N-ethyl adjacent to an activating group) is 1. The second kappa shape index (κ2) is 8.90. The molecule has 0 aromatic heterocycles. The molecular weight excluding hydrogens is 264 g/mol. The number of hydrogen-bond donors (Lipinski definition) is 1. The number of methoxy groups -OCH3 is 2. The Kier molecular flexibility index (Phi) is 7.54. The molecule has 0 radical (unpaired) electrons. The van der Waals surface area contributed by atoms with Crippen LogP contribution in [0.25, 0.3) is 0 Å². The molecule has 4 heteroatoms. The van der Waals surface area contributed by atoms with Crippen molar-refractivity contribution in [2.24, 2.45) is 0 Å². The summed E-state index contributed by atoms with van der Waals surface area (Å²) in [6.07, 6.45) is 1.16. The molecule has 1 N–H and O–H groups in total. The van der Waals surface area contributed by atoms with Crippen LogP contribution in [0.2, 0.25) is 0 Å². The average Bonchev–Trinajstić information content (AvgIpc) is 2.50. The third-order valence-electron chi connectivity index (χ3n) is 3.82. The van der Waals surface area contributed by atoms with Crippen LogP contribution >= 0.6 is 0 Å². The van der Waals surface area contributed by atoms with Crippen molar-refractivity contribution in [1.82, 2.24) is 10.2 Å². The van der Waals surface area contributed by atoms with Gasteiger partial charge in [-0.1, -0.05) is 6.92 Å². The van der Waals surface area contributed by atoms with Crippen molar-refractivity contribution in [3.63, 3.8) is 0 Å². The average molecular weight is 294 g/mol. The minimum Gasteiger partial charge on any atom is -0.497 e. The second-order valence-corrected chi connectivity index (χ2v) is 5.54. The van der Waals surface area contributed by atoms with Crippen LogP contribution in [-0.4, -0.2) is 45.3 Å². The summed E-state index contributed by atoms with van der Waals surface area (Å²) in [5, 5.41) is 3.41. The summed E-state index contributed by atoms with van der Waals surface area (Å²) < 4.78 is 10.9. The largest absolute Gasteiger partial charge is 0.497 e. The van der Waals surface area contributed by atoms with Crippen LogP contribution in [0, 0.1) is 0 Å². The lowest BCUT2D eigenvalue weighted by Crippen LogP contribution is -2.38. The molecule has 0 saturated carbocycles. The third kappa shape index (κ3) is 4.90. The van der Waals surface area contributed by atoms with Crippen molar-refractivity contribution in [2.75, 3.05) is 34.4 Å². The smallest absolute Gasteiger partial charge is 0.123 e. The SMILES string of the molecule is CCCN(CC(NC)c1cc(OC)ccc1OC)C(C)C. The fourth-order valence-electron chi connectivity index (χ4n) is 2.54. The third-order valence-corrected chi connectivity index (χ3v) is 3.82. The van der Waals surface area contributed by atoms with Crippen LogP contribution in [0.3, 0.4) is 0 Å². The molecular formula is C17H30N2O2. The molecule has 21 heavy (non-hydrogen) atoms. The molecule has 0 saturated heterocycles. The van der Waals surface area contributed by atoms with Crippen LogP contribution in [0.1, 0.15) is 38.8 Å². The van der Waals surface area contributed by atoms with Crippen molar-refractivity contribution in [3.05, 3.63) is 23.8 Å². The number of hydrogen-bond acceptors (Lipinski definition) is 4. The quantitative estimate of drug-likeness (QED) is 0.759. The zero-order valence-electron chi connectivity index (χ0n) is 14.3. The highest BCUT2D eigenvalue weighted by Crippen LogP contribution is 2.30. The molecule has 4 nitrogen and oxygen atoms in total. The van der Waals surface area contributed by atoms with Gasteiger partial charge in [0.25, 0.3) is 0 Å². The van der Waals surface area contributed by atoms with Crippen molar-refractivity contribution in [3.8, 4) is 11.5 Å². The van der Waals surface area contributed by atoms with Crippen LogP contribution < -0.4 is 14.8 Å². The Balaban J connectivity index is 3.02. The molecule has 1 unspecified atom stereocenters. The van der Waals surface area contributed by atoms with Gasteiger partial charge in [0.15, 0.2) is 0 Å². The zero-order valence-corrected chi connectivity index (χ0v) is 14.3. The van der Waals surface area contributed by atoms with Crippen LogP contribution in [-0.2, 0) is 0 Å². The van der Waals surface area contributed by atoms with Gasteiger partial charge in [0, 0.05) is 24.2 Å². The van der Waals surface area contributed by atoms with Gasteiger partial charge in [-0.15, -0.1) is 0 Å². The molecule has 120 valence electrons. The maximum Gasteiger partial charge on any atom is 0.123 e. The number of ether oxygens (including phenoxy) is 2. The van der Waals surface area contributed by atoms with Gasteiger partial charge < -0.3 is 14.8 Å². The van der Waals surface area contributed by atoms with Crippen LogP contribution in [0.15, 0.2) is 18.2 Å². The van der Waals surface area contributed by atoms with E-state index in [0.29, 0.717) is 6.04 Å². The summed E-state index contributed by atoms with van der Waals surface area (Å²) in [4.78, 5) is 2.49. The Morgan fingerprint density at radius 1 is 1.19 bits per heavy atom. The Hall–Kier alpha value is -1.26. The normalized spacial score (nSPS) is 12.8. The molecule has 0 aliphatic heterocycles. The molecule has 1 atom stereocenters. The first-order chi connectivity index (χ1) is 10.1. The molecule has 0 bridgehead atoms. The molecule has 1 aromatic carbocycles. The highest BCUT2D eigenvalue weighted by molar-refractivity contribution is 5.42. The van der Waals surface area contributed by atoms with E-state index in [1.807, 2.05) is 19.2 Å². The van der Waals surface area contributed by atoms with E-state index in [1.54, 1.807) is 14.2 Å². The lowest BCUT2D eigenvalue weighted by Gasteiger charge is -2.31.